The Morgan fingerprint density at radius 1 is 1.24 bits per heavy atom. The molecule has 2 heterocycles. The fourth-order valence-corrected chi connectivity index (χ4v) is 3.44. The van der Waals surface area contributed by atoms with E-state index in [2.05, 4.69) is 18.9 Å². The van der Waals surface area contributed by atoms with E-state index in [0.29, 0.717) is 37.5 Å². The van der Waals surface area contributed by atoms with Crippen LogP contribution in [0.5, 0.6) is 0 Å². The molecule has 1 N–H and O–H groups in total. The molecule has 0 radical (unpaired) electrons. The van der Waals surface area contributed by atoms with Gasteiger partial charge in [0.15, 0.2) is 0 Å². The minimum atomic E-state index is -0.849. The number of piperidine rings is 1. The largest absolute Gasteiger partial charge is 0.385 e. The highest BCUT2D eigenvalue weighted by Crippen LogP contribution is 2.33. The molecule has 1 aromatic carbocycles. The number of benzene rings is 1. The minimum Gasteiger partial charge on any atom is -0.385 e. The van der Waals surface area contributed by atoms with Crippen LogP contribution in [0.15, 0.2) is 30.3 Å². The van der Waals surface area contributed by atoms with Crippen LogP contribution in [0.4, 0.5) is 0 Å². The topological polar surface area (TPSA) is 58.4 Å². The van der Waals surface area contributed by atoms with Crippen molar-refractivity contribution in [1.82, 2.24) is 14.7 Å². The third kappa shape index (κ3) is 3.47. The first-order chi connectivity index (χ1) is 11.8. The molecule has 0 unspecified atom stereocenters. The molecule has 1 aliphatic heterocycles. The fraction of sp³-hybridized carbons (Fsp3) is 0.500. The predicted molar refractivity (Wildman–Crippen MR) is 97.5 cm³/mol. The van der Waals surface area contributed by atoms with Crippen molar-refractivity contribution in [3.63, 3.8) is 0 Å². The first-order valence-electron chi connectivity index (χ1n) is 8.93. The summed E-state index contributed by atoms with van der Waals surface area (Å²) in [5.41, 5.74) is 2.78. The quantitative estimate of drug-likeness (QED) is 0.934. The SMILES string of the molecule is Cc1cccc(C2(O)CCN(C(=O)c3cc(C(C)C)nn3C)CC2)c1. The Morgan fingerprint density at radius 2 is 1.92 bits per heavy atom. The second-order valence-corrected chi connectivity index (χ2v) is 7.43. The van der Waals surface area contributed by atoms with Gasteiger partial charge in [-0.15, -0.1) is 0 Å². The molecule has 5 nitrogen and oxygen atoms in total. The average Bonchev–Trinajstić information content (AvgIpc) is 2.97. The molecule has 1 fully saturated rings. The lowest BCUT2D eigenvalue weighted by atomic mass is 9.84. The summed E-state index contributed by atoms with van der Waals surface area (Å²) in [6.45, 7) is 7.26. The summed E-state index contributed by atoms with van der Waals surface area (Å²) in [7, 11) is 1.81. The van der Waals surface area contributed by atoms with E-state index < -0.39 is 5.60 Å². The van der Waals surface area contributed by atoms with Crippen LogP contribution in [0.2, 0.25) is 0 Å². The van der Waals surface area contributed by atoms with Crippen molar-refractivity contribution in [2.45, 2.75) is 45.1 Å². The standard InChI is InChI=1S/C20H27N3O2/c1-14(2)17-13-18(22(4)21-17)19(24)23-10-8-20(25,9-11-23)16-7-5-6-15(3)12-16/h5-7,12-14,25H,8-11H2,1-4H3. The third-order valence-corrected chi connectivity index (χ3v) is 5.14. The van der Waals surface area contributed by atoms with E-state index in [0.717, 1.165) is 16.8 Å². The maximum Gasteiger partial charge on any atom is 0.272 e. The van der Waals surface area contributed by atoms with Gasteiger partial charge in [0.25, 0.3) is 5.91 Å². The number of hydrogen-bond acceptors (Lipinski definition) is 3. The number of aromatic nitrogens is 2. The van der Waals surface area contributed by atoms with Crippen molar-refractivity contribution >= 4 is 5.91 Å². The zero-order chi connectivity index (χ0) is 18.2. The van der Waals surface area contributed by atoms with Gasteiger partial charge < -0.3 is 10.0 Å². The lowest BCUT2D eigenvalue weighted by molar-refractivity contribution is -0.0214. The van der Waals surface area contributed by atoms with E-state index in [4.69, 9.17) is 0 Å². The van der Waals surface area contributed by atoms with Crippen LogP contribution in [0.25, 0.3) is 0 Å². The van der Waals surface area contributed by atoms with E-state index in [1.54, 1.807) is 4.68 Å². The van der Waals surface area contributed by atoms with Gasteiger partial charge in [-0.25, -0.2) is 0 Å². The van der Waals surface area contributed by atoms with Crippen molar-refractivity contribution in [3.05, 3.63) is 52.8 Å². The molecule has 0 bridgehead atoms. The first kappa shape index (κ1) is 17.7. The number of carbonyl (C=O) groups is 1. The molecule has 1 saturated heterocycles. The molecule has 25 heavy (non-hydrogen) atoms. The molecular formula is C20H27N3O2. The number of likely N-dealkylation sites (tertiary alicyclic amines) is 1. The lowest BCUT2D eigenvalue weighted by Gasteiger charge is -2.38. The fourth-order valence-electron chi connectivity index (χ4n) is 3.44. The number of nitrogens with zero attached hydrogens (tertiary/aromatic N) is 3. The monoisotopic (exact) mass is 341 g/mol. The van der Waals surface area contributed by atoms with Crippen molar-refractivity contribution in [3.8, 4) is 0 Å². The summed E-state index contributed by atoms with van der Waals surface area (Å²) >= 11 is 0. The van der Waals surface area contributed by atoms with Gasteiger partial charge in [-0.2, -0.15) is 5.10 Å². The normalized spacial score (nSPS) is 17.1. The van der Waals surface area contributed by atoms with E-state index in [-0.39, 0.29) is 5.91 Å². The highest BCUT2D eigenvalue weighted by Gasteiger charge is 2.36. The Morgan fingerprint density at radius 3 is 2.48 bits per heavy atom. The van der Waals surface area contributed by atoms with Gasteiger partial charge in [-0.1, -0.05) is 43.7 Å². The Labute approximate surface area is 149 Å². The summed E-state index contributed by atoms with van der Waals surface area (Å²) in [6.07, 6.45) is 1.11. The first-order valence-corrected chi connectivity index (χ1v) is 8.93. The van der Waals surface area contributed by atoms with Crippen molar-refractivity contribution in [1.29, 1.82) is 0 Å². The molecule has 1 aliphatic rings. The summed E-state index contributed by atoms with van der Waals surface area (Å²) in [5.74, 6) is 0.286. The molecule has 1 aromatic heterocycles. The Hall–Kier alpha value is -2.14. The molecule has 3 rings (SSSR count). The van der Waals surface area contributed by atoms with Gasteiger partial charge >= 0.3 is 0 Å². The molecular weight excluding hydrogens is 314 g/mol. The maximum absolute atomic E-state index is 12.8. The van der Waals surface area contributed by atoms with Crippen LogP contribution in [0, 0.1) is 6.92 Å². The Kier molecular flexibility index (Phi) is 4.69. The Balaban J connectivity index is 1.73. The molecule has 1 amide bonds. The van der Waals surface area contributed by atoms with Gasteiger partial charge in [0.05, 0.1) is 11.3 Å². The van der Waals surface area contributed by atoms with Gasteiger partial charge in [-0.05, 0) is 37.3 Å². The summed E-state index contributed by atoms with van der Waals surface area (Å²) < 4.78 is 1.67. The zero-order valence-corrected chi connectivity index (χ0v) is 15.5. The summed E-state index contributed by atoms with van der Waals surface area (Å²) in [5, 5.41) is 15.4. The zero-order valence-electron chi connectivity index (χ0n) is 15.5. The lowest BCUT2D eigenvalue weighted by Crippen LogP contribution is -2.45. The van der Waals surface area contributed by atoms with Crippen LogP contribution in [0.1, 0.15) is 59.9 Å². The van der Waals surface area contributed by atoms with Crippen LogP contribution >= 0.6 is 0 Å². The van der Waals surface area contributed by atoms with Gasteiger partial charge in [-0.3, -0.25) is 9.48 Å². The summed E-state index contributed by atoms with van der Waals surface area (Å²) in [4.78, 5) is 14.7. The third-order valence-electron chi connectivity index (χ3n) is 5.14. The molecule has 0 aliphatic carbocycles. The number of aryl methyl sites for hydroxylation is 2. The highest BCUT2D eigenvalue weighted by molar-refractivity contribution is 5.92. The van der Waals surface area contributed by atoms with Gasteiger partial charge in [0.2, 0.25) is 0 Å². The minimum absolute atomic E-state index is 0.00630. The van der Waals surface area contributed by atoms with Crippen molar-refractivity contribution in [2.75, 3.05) is 13.1 Å². The van der Waals surface area contributed by atoms with Crippen LogP contribution in [-0.4, -0.2) is 38.8 Å². The highest BCUT2D eigenvalue weighted by atomic mass is 16.3. The number of carbonyl (C=O) groups excluding carboxylic acids is 1. The van der Waals surface area contributed by atoms with Crippen molar-refractivity contribution in [2.24, 2.45) is 7.05 Å². The van der Waals surface area contributed by atoms with Crippen LogP contribution in [0.3, 0.4) is 0 Å². The second-order valence-electron chi connectivity index (χ2n) is 7.43. The predicted octanol–water partition coefficient (Wildman–Crippen LogP) is 2.98. The van der Waals surface area contributed by atoms with E-state index >= 15 is 0 Å². The number of aliphatic hydroxyl groups is 1. The molecule has 0 saturated carbocycles. The molecule has 0 atom stereocenters. The molecule has 0 spiro atoms. The van der Waals surface area contributed by atoms with Gasteiger partial charge in [0.1, 0.15) is 5.69 Å². The number of rotatable bonds is 3. The van der Waals surface area contributed by atoms with Crippen LogP contribution in [-0.2, 0) is 12.6 Å². The molecule has 5 heteroatoms. The molecule has 2 aromatic rings. The smallest absolute Gasteiger partial charge is 0.272 e. The van der Waals surface area contributed by atoms with E-state index in [9.17, 15) is 9.90 Å². The van der Waals surface area contributed by atoms with Crippen molar-refractivity contribution < 1.29 is 9.90 Å². The average molecular weight is 341 g/mol. The van der Waals surface area contributed by atoms with Gasteiger partial charge in [0, 0.05) is 20.1 Å². The second kappa shape index (κ2) is 6.64. The van der Waals surface area contributed by atoms with E-state index in [1.807, 2.05) is 49.2 Å². The maximum atomic E-state index is 12.8. The van der Waals surface area contributed by atoms with Crippen LogP contribution < -0.4 is 0 Å². The summed E-state index contributed by atoms with van der Waals surface area (Å²) in [6, 6.07) is 9.89. The Bertz CT molecular complexity index is 771. The number of amides is 1. The van der Waals surface area contributed by atoms with E-state index in [1.165, 1.54) is 0 Å². The number of hydrogen-bond donors (Lipinski definition) is 1. The molecule has 134 valence electrons.